The molecule has 7 heteroatoms. The van der Waals surface area contributed by atoms with Crippen molar-refractivity contribution in [3.05, 3.63) is 0 Å². The number of ether oxygens (including phenoxy) is 1. The van der Waals surface area contributed by atoms with Crippen LogP contribution in [0.3, 0.4) is 0 Å². The van der Waals surface area contributed by atoms with Gasteiger partial charge in [-0.2, -0.15) is 12.6 Å². The van der Waals surface area contributed by atoms with Gasteiger partial charge in [0.25, 0.3) is 0 Å². The maximum atomic E-state index is 9.73. The Morgan fingerprint density at radius 2 is 1.93 bits per heavy atom. The predicted octanol–water partition coefficient (Wildman–Crippen LogP) is -2.95. The van der Waals surface area contributed by atoms with Crippen LogP contribution in [0.1, 0.15) is 0 Å². The molecule has 0 spiro atoms. The highest BCUT2D eigenvalue weighted by molar-refractivity contribution is 7.80. The molecular formula is C7H15NO5S. The summed E-state index contributed by atoms with van der Waals surface area (Å²) in [4.78, 5) is 0. The van der Waals surface area contributed by atoms with Gasteiger partial charge in [-0.1, -0.05) is 0 Å². The lowest BCUT2D eigenvalue weighted by molar-refractivity contribution is -0.302. The van der Waals surface area contributed by atoms with Gasteiger partial charge in [0.1, 0.15) is 18.3 Å². The van der Waals surface area contributed by atoms with Gasteiger partial charge in [-0.3, -0.25) is 0 Å². The second-order valence-electron chi connectivity index (χ2n) is 3.35. The summed E-state index contributed by atoms with van der Waals surface area (Å²) in [5, 5.41) is 37.4. The fourth-order valence-corrected chi connectivity index (χ4v) is 1.68. The molecule has 1 aliphatic rings. The van der Waals surface area contributed by atoms with Gasteiger partial charge in [0.2, 0.25) is 0 Å². The van der Waals surface area contributed by atoms with E-state index in [9.17, 15) is 15.3 Å². The lowest BCUT2D eigenvalue weighted by Crippen LogP contribution is -2.69. The molecule has 1 rings (SSSR count). The Bertz CT molecular complexity index is 205. The Labute approximate surface area is 86.7 Å². The Kier molecular flexibility index (Phi) is 3.75. The summed E-state index contributed by atoms with van der Waals surface area (Å²) in [6, 6.07) is -1.15. The topological polar surface area (TPSA) is 116 Å². The van der Waals surface area contributed by atoms with Gasteiger partial charge >= 0.3 is 0 Å². The molecule has 0 aromatic heterocycles. The molecular weight excluding hydrogens is 210 g/mol. The number of aliphatic hydroxyl groups excluding tert-OH is 3. The lowest BCUT2D eigenvalue weighted by atomic mass is 9.92. The highest BCUT2D eigenvalue weighted by atomic mass is 32.1. The van der Waals surface area contributed by atoms with Crippen LogP contribution in [0.15, 0.2) is 0 Å². The van der Waals surface area contributed by atoms with Crippen LogP contribution in [0.25, 0.3) is 0 Å². The van der Waals surface area contributed by atoms with Gasteiger partial charge in [0, 0.05) is 5.75 Å². The number of rotatable bonds is 2. The van der Waals surface area contributed by atoms with Crippen LogP contribution in [-0.2, 0) is 4.74 Å². The molecule has 6 N–H and O–H groups in total. The molecule has 1 heterocycles. The number of hydrogen-bond donors (Lipinski definition) is 6. The van der Waals surface area contributed by atoms with E-state index in [-0.39, 0.29) is 5.75 Å². The quantitative estimate of drug-likeness (QED) is 0.280. The monoisotopic (exact) mass is 225 g/mol. The maximum Gasteiger partial charge on any atom is 0.193 e. The molecule has 1 aliphatic heterocycles. The summed E-state index contributed by atoms with van der Waals surface area (Å²) >= 11 is 3.83. The Morgan fingerprint density at radius 3 is 2.36 bits per heavy atom. The van der Waals surface area contributed by atoms with Gasteiger partial charge in [0.05, 0.1) is 12.6 Å². The molecule has 5 atom stereocenters. The molecule has 1 fully saturated rings. The predicted molar refractivity (Wildman–Crippen MR) is 50.8 cm³/mol. The fraction of sp³-hybridized carbons (Fsp3) is 1.00. The van der Waals surface area contributed by atoms with Crippen molar-refractivity contribution >= 4 is 12.6 Å². The average Bonchev–Trinajstić information content (AvgIpc) is 2.20. The molecule has 84 valence electrons. The minimum Gasteiger partial charge on any atom is -0.394 e. The first-order valence-corrected chi connectivity index (χ1v) is 4.83. The van der Waals surface area contributed by atoms with Crippen LogP contribution < -0.4 is 5.73 Å². The van der Waals surface area contributed by atoms with E-state index in [4.69, 9.17) is 15.6 Å². The summed E-state index contributed by atoms with van der Waals surface area (Å²) < 4.78 is 4.96. The number of hydrogen-bond acceptors (Lipinski definition) is 7. The van der Waals surface area contributed by atoms with Crippen LogP contribution in [0, 0.1) is 0 Å². The average molecular weight is 225 g/mol. The standard InChI is InChI=1S/C7H15NO5S/c8-6-5(11)4(10)3(1-9)13-7(6,12)2-14/h3-6,9-12,14H,1-2,8H2/t3-,4-,5+,6-,7?/m1/s1. The van der Waals surface area contributed by atoms with Gasteiger partial charge in [-0.05, 0) is 0 Å². The Morgan fingerprint density at radius 1 is 1.36 bits per heavy atom. The number of thiol groups is 1. The van der Waals surface area contributed by atoms with E-state index >= 15 is 0 Å². The minimum atomic E-state index is -1.82. The third kappa shape index (κ3) is 1.89. The Balaban J connectivity index is 2.84. The molecule has 6 nitrogen and oxygen atoms in total. The smallest absolute Gasteiger partial charge is 0.193 e. The first kappa shape index (κ1) is 12.2. The second kappa shape index (κ2) is 4.31. The lowest BCUT2D eigenvalue weighted by Gasteiger charge is -2.45. The molecule has 0 aromatic carbocycles. The molecule has 0 aliphatic carbocycles. The fourth-order valence-electron chi connectivity index (χ4n) is 1.40. The van der Waals surface area contributed by atoms with Crippen LogP contribution in [0.5, 0.6) is 0 Å². The van der Waals surface area contributed by atoms with Crippen molar-refractivity contribution < 1.29 is 25.2 Å². The van der Waals surface area contributed by atoms with Gasteiger partial charge in [0.15, 0.2) is 5.79 Å². The Hall–Kier alpha value is 0.110. The van der Waals surface area contributed by atoms with Crippen molar-refractivity contribution in [1.82, 2.24) is 0 Å². The minimum absolute atomic E-state index is 0.131. The molecule has 0 saturated carbocycles. The normalized spacial score (nSPS) is 49.3. The second-order valence-corrected chi connectivity index (χ2v) is 3.67. The van der Waals surface area contributed by atoms with E-state index in [0.29, 0.717) is 0 Å². The first-order chi connectivity index (χ1) is 6.46. The van der Waals surface area contributed by atoms with E-state index < -0.39 is 36.7 Å². The summed E-state index contributed by atoms with van der Waals surface area (Å²) in [5.74, 6) is -1.95. The van der Waals surface area contributed by atoms with E-state index in [1.165, 1.54) is 0 Å². The van der Waals surface area contributed by atoms with Crippen molar-refractivity contribution in [1.29, 1.82) is 0 Å². The van der Waals surface area contributed by atoms with Crippen LogP contribution in [0.4, 0.5) is 0 Å². The molecule has 0 aromatic rings. The molecule has 1 unspecified atom stereocenters. The SMILES string of the molecule is N[C@@H]1[C@@H](O)[C@H](O)[C@@H](CO)OC1(O)CS. The van der Waals surface area contributed by atoms with Crippen molar-refractivity contribution in [2.24, 2.45) is 5.73 Å². The van der Waals surface area contributed by atoms with Crippen molar-refractivity contribution in [3.8, 4) is 0 Å². The van der Waals surface area contributed by atoms with Gasteiger partial charge in [-0.15, -0.1) is 0 Å². The number of aliphatic hydroxyl groups is 4. The van der Waals surface area contributed by atoms with E-state index in [2.05, 4.69) is 12.6 Å². The zero-order valence-electron chi connectivity index (χ0n) is 7.45. The zero-order valence-corrected chi connectivity index (χ0v) is 8.34. The van der Waals surface area contributed by atoms with Crippen molar-refractivity contribution in [3.63, 3.8) is 0 Å². The highest BCUT2D eigenvalue weighted by Crippen LogP contribution is 2.27. The van der Waals surface area contributed by atoms with Crippen LogP contribution >= 0.6 is 12.6 Å². The molecule has 14 heavy (non-hydrogen) atoms. The third-order valence-electron chi connectivity index (χ3n) is 2.38. The van der Waals surface area contributed by atoms with Gasteiger partial charge in [-0.25, -0.2) is 0 Å². The zero-order chi connectivity index (χ0) is 10.9. The molecule has 0 radical (unpaired) electrons. The maximum absolute atomic E-state index is 9.73. The van der Waals surface area contributed by atoms with Crippen molar-refractivity contribution in [2.45, 2.75) is 30.1 Å². The van der Waals surface area contributed by atoms with Crippen LogP contribution in [0.2, 0.25) is 0 Å². The van der Waals surface area contributed by atoms with Crippen molar-refractivity contribution in [2.75, 3.05) is 12.4 Å². The molecule has 1 saturated heterocycles. The van der Waals surface area contributed by atoms with E-state index in [1.54, 1.807) is 0 Å². The molecule has 0 amide bonds. The summed E-state index contributed by atoms with van der Waals surface area (Å²) in [6.45, 7) is -0.513. The van der Waals surface area contributed by atoms with E-state index in [0.717, 1.165) is 0 Å². The third-order valence-corrected chi connectivity index (χ3v) is 2.83. The summed E-state index contributed by atoms with van der Waals surface area (Å²) in [6.07, 6.45) is -3.71. The number of nitrogens with two attached hydrogens (primary N) is 1. The first-order valence-electron chi connectivity index (χ1n) is 4.20. The summed E-state index contributed by atoms with van der Waals surface area (Å²) in [5.41, 5.74) is 5.46. The van der Waals surface area contributed by atoms with Crippen LogP contribution in [-0.4, -0.2) is 62.9 Å². The largest absolute Gasteiger partial charge is 0.394 e. The summed E-state index contributed by atoms with van der Waals surface area (Å²) in [7, 11) is 0. The molecule has 0 bridgehead atoms. The van der Waals surface area contributed by atoms with Gasteiger partial charge < -0.3 is 30.9 Å². The highest BCUT2D eigenvalue weighted by Gasteiger charge is 2.50. The van der Waals surface area contributed by atoms with E-state index in [1.807, 2.05) is 0 Å².